The molecule has 3 aromatic rings. The summed E-state index contributed by atoms with van der Waals surface area (Å²) >= 11 is 0. The Kier molecular flexibility index (Phi) is 4.04. The summed E-state index contributed by atoms with van der Waals surface area (Å²) in [6.07, 6.45) is 0.174. The molecule has 0 fully saturated rings. The molecule has 1 aromatic heterocycles. The largest absolute Gasteiger partial charge is 0.482 e. The lowest BCUT2D eigenvalue weighted by atomic mass is 10.2. The third kappa shape index (κ3) is 3.11. The third-order valence-electron chi connectivity index (χ3n) is 4.15. The molecule has 0 atom stereocenters. The molecule has 1 N–H and O–H groups in total. The van der Waals surface area contributed by atoms with Crippen molar-refractivity contribution < 1.29 is 18.7 Å². The lowest BCUT2D eigenvalue weighted by Gasteiger charge is -2.29. The summed E-state index contributed by atoms with van der Waals surface area (Å²) in [5.74, 6) is 0.888. The van der Waals surface area contributed by atoms with Crippen LogP contribution in [-0.4, -0.2) is 29.9 Å². The first-order valence-corrected chi connectivity index (χ1v) is 8.29. The maximum absolute atomic E-state index is 12.3. The van der Waals surface area contributed by atoms with E-state index in [1.807, 2.05) is 24.3 Å². The fourth-order valence-electron chi connectivity index (χ4n) is 2.95. The smallest absolute Gasteiger partial charge is 0.265 e. The molecule has 0 aliphatic carbocycles. The molecule has 0 saturated carbocycles. The number of carbonyl (C=O) groups is 2. The summed E-state index contributed by atoms with van der Waals surface area (Å²) in [5.41, 5.74) is 2.69. The van der Waals surface area contributed by atoms with Gasteiger partial charge in [0.2, 0.25) is 5.91 Å². The molecule has 1 aliphatic rings. The standard InChI is InChI=1S/C19H17N3O4/c1-12-20-14-7-6-13(10-17(14)26-12)21-18(23)8-9-22-15-4-2-3-5-16(15)25-11-19(22)24/h2-7,10H,8-9,11H2,1H3,(H,21,23). The van der Waals surface area contributed by atoms with Crippen molar-refractivity contribution in [3.63, 3.8) is 0 Å². The Bertz CT molecular complexity index is 995. The molecule has 2 aromatic carbocycles. The molecule has 4 rings (SSSR count). The van der Waals surface area contributed by atoms with Crippen molar-refractivity contribution >= 4 is 34.3 Å². The van der Waals surface area contributed by atoms with Crippen LogP contribution in [0.1, 0.15) is 12.3 Å². The zero-order valence-corrected chi connectivity index (χ0v) is 14.2. The van der Waals surface area contributed by atoms with Crippen LogP contribution in [0.3, 0.4) is 0 Å². The fraction of sp³-hybridized carbons (Fsp3) is 0.211. The van der Waals surface area contributed by atoms with Gasteiger partial charge in [-0.25, -0.2) is 4.98 Å². The van der Waals surface area contributed by atoms with Gasteiger partial charge in [0.05, 0.1) is 5.69 Å². The molecule has 0 bridgehead atoms. The monoisotopic (exact) mass is 351 g/mol. The number of rotatable bonds is 4. The number of carbonyl (C=O) groups excluding carboxylic acids is 2. The molecule has 0 saturated heterocycles. The highest BCUT2D eigenvalue weighted by molar-refractivity contribution is 5.99. The number of hydrogen-bond acceptors (Lipinski definition) is 5. The maximum atomic E-state index is 12.3. The summed E-state index contributed by atoms with van der Waals surface area (Å²) in [6, 6.07) is 12.6. The second-order valence-corrected chi connectivity index (χ2v) is 6.02. The van der Waals surface area contributed by atoms with Crippen LogP contribution in [0, 0.1) is 6.92 Å². The second kappa shape index (κ2) is 6.51. The first-order chi connectivity index (χ1) is 12.6. The molecule has 0 spiro atoms. The summed E-state index contributed by atoms with van der Waals surface area (Å²) in [7, 11) is 0. The van der Waals surface area contributed by atoms with Crippen LogP contribution in [0.15, 0.2) is 46.9 Å². The van der Waals surface area contributed by atoms with Gasteiger partial charge in [-0.15, -0.1) is 0 Å². The Morgan fingerprint density at radius 1 is 1.27 bits per heavy atom. The lowest BCUT2D eigenvalue weighted by Crippen LogP contribution is -2.40. The van der Waals surface area contributed by atoms with E-state index in [1.54, 1.807) is 30.0 Å². The van der Waals surface area contributed by atoms with Gasteiger partial charge in [0.1, 0.15) is 11.3 Å². The van der Waals surface area contributed by atoms with E-state index in [2.05, 4.69) is 10.3 Å². The van der Waals surface area contributed by atoms with E-state index in [0.717, 1.165) is 5.52 Å². The molecule has 0 unspecified atom stereocenters. The first kappa shape index (κ1) is 16.1. The Labute approximate surface area is 149 Å². The quantitative estimate of drug-likeness (QED) is 0.781. The average Bonchev–Trinajstić information content (AvgIpc) is 3.00. The topological polar surface area (TPSA) is 84.7 Å². The van der Waals surface area contributed by atoms with Gasteiger partial charge in [-0.3, -0.25) is 9.59 Å². The predicted octanol–water partition coefficient (Wildman–Crippen LogP) is 2.89. The van der Waals surface area contributed by atoms with Gasteiger partial charge in [0.25, 0.3) is 5.91 Å². The predicted molar refractivity (Wildman–Crippen MR) is 96.3 cm³/mol. The van der Waals surface area contributed by atoms with Gasteiger partial charge in [-0.1, -0.05) is 12.1 Å². The van der Waals surface area contributed by atoms with E-state index >= 15 is 0 Å². The Morgan fingerprint density at radius 3 is 3.00 bits per heavy atom. The number of para-hydroxylation sites is 2. The van der Waals surface area contributed by atoms with Crippen molar-refractivity contribution in [3.8, 4) is 5.75 Å². The Hall–Kier alpha value is -3.35. The van der Waals surface area contributed by atoms with E-state index < -0.39 is 0 Å². The highest BCUT2D eigenvalue weighted by Gasteiger charge is 2.25. The van der Waals surface area contributed by atoms with Crippen molar-refractivity contribution in [3.05, 3.63) is 48.4 Å². The third-order valence-corrected chi connectivity index (χ3v) is 4.15. The number of aryl methyl sites for hydroxylation is 1. The second-order valence-electron chi connectivity index (χ2n) is 6.02. The SMILES string of the molecule is Cc1nc2ccc(NC(=O)CCN3C(=O)COc4ccccc43)cc2o1. The molecule has 0 radical (unpaired) electrons. The van der Waals surface area contributed by atoms with Crippen molar-refractivity contribution in [2.75, 3.05) is 23.4 Å². The minimum atomic E-state index is -0.183. The highest BCUT2D eigenvalue weighted by atomic mass is 16.5. The Balaban J connectivity index is 1.42. The van der Waals surface area contributed by atoms with E-state index in [4.69, 9.17) is 9.15 Å². The highest BCUT2D eigenvalue weighted by Crippen LogP contribution is 2.31. The normalized spacial score (nSPS) is 13.4. The number of benzene rings is 2. The van der Waals surface area contributed by atoms with Gasteiger partial charge in [-0.05, 0) is 24.3 Å². The zero-order chi connectivity index (χ0) is 18.1. The van der Waals surface area contributed by atoms with Gasteiger partial charge in [0, 0.05) is 31.6 Å². The molecule has 26 heavy (non-hydrogen) atoms. The van der Waals surface area contributed by atoms with Crippen LogP contribution in [0.2, 0.25) is 0 Å². The molecular formula is C19H17N3O4. The molecule has 2 amide bonds. The van der Waals surface area contributed by atoms with Crippen LogP contribution in [-0.2, 0) is 9.59 Å². The van der Waals surface area contributed by atoms with Gasteiger partial charge in [-0.2, -0.15) is 0 Å². The summed E-state index contributed by atoms with van der Waals surface area (Å²) in [4.78, 5) is 30.2. The number of anilines is 2. The number of ether oxygens (including phenoxy) is 1. The van der Waals surface area contributed by atoms with E-state index in [1.165, 1.54) is 0 Å². The number of fused-ring (bicyclic) bond motifs is 2. The Morgan fingerprint density at radius 2 is 2.12 bits per heavy atom. The van der Waals surface area contributed by atoms with Crippen molar-refractivity contribution in [1.29, 1.82) is 0 Å². The minimum Gasteiger partial charge on any atom is -0.482 e. The minimum absolute atomic E-state index is 0.0137. The lowest BCUT2D eigenvalue weighted by molar-refractivity contribution is -0.121. The molecule has 7 heteroatoms. The molecule has 132 valence electrons. The van der Waals surface area contributed by atoms with E-state index in [0.29, 0.717) is 28.6 Å². The summed E-state index contributed by atoms with van der Waals surface area (Å²) in [6.45, 7) is 2.05. The molecule has 1 aliphatic heterocycles. The van der Waals surface area contributed by atoms with E-state index in [-0.39, 0.29) is 31.4 Å². The van der Waals surface area contributed by atoms with Crippen LogP contribution < -0.4 is 15.0 Å². The van der Waals surface area contributed by atoms with Crippen LogP contribution in [0.5, 0.6) is 5.75 Å². The van der Waals surface area contributed by atoms with Gasteiger partial charge < -0.3 is 19.4 Å². The van der Waals surface area contributed by atoms with Crippen molar-refractivity contribution in [2.45, 2.75) is 13.3 Å². The molecule has 7 nitrogen and oxygen atoms in total. The number of oxazole rings is 1. The van der Waals surface area contributed by atoms with Crippen LogP contribution in [0.25, 0.3) is 11.1 Å². The van der Waals surface area contributed by atoms with Crippen molar-refractivity contribution in [2.24, 2.45) is 0 Å². The summed E-state index contributed by atoms with van der Waals surface area (Å²) < 4.78 is 10.9. The van der Waals surface area contributed by atoms with Gasteiger partial charge >= 0.3 is 0 Å². The van der Waals surface area contributed by atoms with Crippen molar-refractivity contribution in [1.82, 2.24) is 4.98 Å². The maximum Gasteiger partial charge on any atom is 0.265 e. The zero-order valence-electron chi connectivity index (χ0n) is 14.2. The van der Waals surface area contributed by atoms with Crippen LogP contribution >= 0.6 is 0 Å². The number of nitrogens with zero attached hydrogens (tertiary/aromatic N) is 2. The molecule has 2 heterocycles. The number of amides is 2. The number of hydrogen-bond donors (Lipinski definition) is 1. The number of nitrogens with one attached hydrogen (secondary N) is 1. The fourth-order valence-corrected chi connectivity index (χ4v) is 2.95. The average molecular weight is 351 g/mol. The number of aromatic nitrogens is 1. The summed E-state index contributed by atoms with van der Waals surface area (Å²) in [5, 5.41) is 2.83. The first-order valence-electron chi connectivity index (χ1n) is 8.29. The van der Waals surface area contributed by atoms with Gasteiger partial charge in [0.15, 0.2) is 18.1 Å². The van der Waals surface area contributed by atoms with Crippen LogP contribution in [0.4, 0.5) is 11.4 Å². The van der Waals surface area contributed by atoms with E-state index in [9.17, 15) is 9.59 Å². The molecular weight excluding hydrogens is 334 g/mol.